The second kappa shape index (κ2) is 7.41. The first-order chi connectivity index (χ1) is 15.0. The SMILES string of the molecule is Cc1ccc(N2CCN3C2=NC2C3C(=O)N(CCc3ccccc3)C(=O)N2C)c(C)c1. The van der Waals surface area contributed by atoms with E-state index in [4.69, 9.17) is 4.99 Å². The highest BCUT2D eigenvalue weighted by molar-refractivity contribution is 6.08. The van der Waals surface area contributed by atoms with Gasteiger partial charge in [-0.2, -0.15) is 0 Å². The van der Waals surface area contributed by atoms with Gasteiger partial charge in [0.05, 0.1) is 0 Å². The van der Waals surface area contributed by atoms with E-state index in [1.807, 2.05) is 30.3 Å². The number of urea groups is 1. The van der Waals surface area contributed by atoms with E-state index in [2.05, 4.69) is 41.8 Å². The fourth-order valence-electron chi connectivity index (χ4n) is 4.86. The van der Waals surface area contributed by atoms with Gasteiger partial charge in [-0.1, -0.05) is 48.0 Å². The van der Waals surface area contributed by atoms with Gasteiger partial charge >= 0.3 is 6.03 Å². The number of aliphatic imine (C=N–C) groups is 1. The molecule has 0 spiro atoms. The third-order valence-corrected chi connectivity index (χ3v) is 6.49. The van der Waals surface area contributed by atoms with Crippen molar-refractivity contribution in [2.24, 2.45) is 4.99 Å². The van der Waals surface area contributed by atoms with Crippen LogP contribution in [0.2, 0.25) is 0 Å². The van der Waals surface area contributed by atoms with Crippen LogP contribution < -0.4 is 4.90 Å². The van der Waals surface area contributed by atoms with Crippen LogP contribution in [0.3, 0.4) is 0 Å². The van der Waals surface area contributed by atoms with Gasteiger partial charge in [0.2, 0.25) is 5.96 Å². The van der Waals surface area contributed by atoms with Gasteiger partial charge in [-0.25, -0.2) is 9.79 Å². The van der Waals surface area contributed by atoms with Crippen molar-refractivity contribution in [3.05, 3.63) is 65.2 Å². The smallest absolute Gasteiger partial charge is 0.325 e. The molecule has 0 aliphatic carbocycles. The number of nitrogens with zero attached hydrogens (tertiary/aromatic N) is 5. The molecule has 3 heterocycles. The lowest BCUT2D eigenvalue weighted by molar-refractivity contribution is -0.137. The molecule has 0 N–H and O–H groups in total. The molecule has 5 rings (SSSR count). The van der Waals surface area contributed by atoms with Gasteiger partial charge in [0.15, 0.2) is 12.2 Å². The van der Waals surface area contributed by atoms with Crippen LogP contribution in [0.1, 0.15) is 16.7 Å². The maximum absolute atomic E-state index is 13.4. The molecule has 3 aliphatic rings. The van der Waals surface area contributed by atoms with Gasteiger partial charge < -0.3 is 14.7 Å². The maximum Gasteiger partial charge on any atom is 0.328 e. The first-order valence-electron chi connectivity index (χ1n) is 10.8. The molecule has 3 aliphatic heterocycles. The van der Waals surface area contributed by atoms with Gasteiger partial charge in [0.1, 0.15) is 0 Å². The highest BCUT2D eigenvalue weighted by Crippen LogP contribution is 2.34. The minimum absolute atomic E-state index is 0.148. The van der Waals surface area contributed by atoms with Gasteiger partial charge in [-0.05, 0) is 37.5 Å². The van der Waals surface area contributed by atoms with Crippen LogP contribution in [0.15, 0.2) is 53.5 Å². The highest BCUT2D eigenvalue weighted by Gasteiger charge is 2.54. The lowest BCUT2D eigenvalue weighted by Gasteiger charge is -2.40. The largest absolute Gasteiger partial charge is 0.328 e. The van der Waals surface area contributed by atoms with Crippen molar-refractivity contribution >= 4 is 23.6 Å². The third-order valence-electron chi connectivity index (χ3n) is 6.49. The predicted octanol–water partition coefficient (Wildman–Crippen LogP) is 2.63. The van der Waals surface area contributed by atoms with Crippen molar-refractivity contribution < 1.29 is 9.59 Å². The number of aryl methyl sites for hydroxylation is 2. The molecule has 2 unspecified atom stereocenters. The zero-order valence-corrected chi connectivity index (χ0v) is 18.2. The number of guanidine groups is 1. The van der Waals surface area contributed by atoms with Crippen LogP contribution in [0.5, 0.6) is 0 Å². The van der Waals surface area contributed by atoms with Crippen LogP contribution >= 0.6 is 0 Å². The van der Waals surface area contributed by atoms with Gasteiger partial charge in [-0.15, -0.1) is 0 Å². The number of rotatable bonds is 4. The standard InChI is InChI=1S/C24H27N5O2/c1-16-9-10-19(17(2)15-16)27-13-14-28-20-21(25-23(27)28)26(3)24(31)29(22(20)30)12-11-18-7-5-4-6-8-18/h4-10,15,20-21H,11-14H2,1-3H3. The van der Waals surface area contributed by atoms with E-state index >= 15 is 0 Å². The maximum atomic E-state index is 13.4. The van der Waals surface area contributed by atoms with Gasteiger partial charge in [0, 0.05) is 32.4 Å². The first kappa shape index (κ1) is 19.6. The highest BCUT2D eigenvalue weighted by atomic mass is 16.2. The van der Waals surface area contributed by atoms with Gasteiger partial charge in [0.25, 0.3) is 5.91 Å². The summed E-state index contributed by atoms with van der Waals surface area (Å²) in [4.78, 5) is 38.5. The summed E-state index contributed by atoms with van der Waals surface area (Å²) in [6, 6.07) is 15.6. The summed E-state index contributed by atoms with van der Waals surface area (Å²) in [7, 11) is 1.75. The van der Waals surface area contributed by atoms with E-state index in [9.17, 15) is 9.59 Å². The predicted molar refractivity (Wildman–Crippen MR) is 120 cm³/mol. The second-order valence-electron chi connectivity index (χ2n) is 8.54. The van der Waals surface area contributed by atoms with Crippen LogP contribution in [-0.2, 0) is 11.2 Å². The molecule has 160 valence electrons. The zero-order chi connectivity index (χ0) is 21.7. The van der Waals surface area contributed by atoms with Gasteiger partial charge in [-0.3, -0.25) is 9.69 Å². The van der Waals surface area contributed by atoms with E-state index in [0.717, 1.165) is 23.8 Å². The minimum atomic E-state index is -0.475. The van der Waals surface area contributed by atoms with Crippen molar-refractivity contribution in [2.45, 2.75) is 32.5 Å². The summed E-state index contributed by atoms with van der Waals surface area (Å²) in [5.41, 5.74) is 4.61. The van der Waals surface area contributed by atoms with Crippen molar-refractivity contribution in [1.82, 2.24) is 14.7 Å². The van der Waals surface area contributed by atoms with E-state index in [0.29, 0.717) is 19.5 Å². The third kappa shape index (κ3) is 3.15. The molecule has 7 heteroatoms. The Morgan fingerprint density at radius 2 is 1.81 bits per heavy atom. The summed E-state index contributed by atoms with van der Waals surface area (Å²) in [6.07, 6.45) is 0.169. The molecule has 2 fully saturated rings. The molecular formula is C24H27N5O2. The fraction of sp³-hybridized carbons (Fsp3) is 0.375. The van der Waals surface area contributed by atoms with Crippen molar-refractivity contribution in [2.75, 3.05) is 31.6 Å². The number of likely N-dealkylation sites (N-methyl/N-ethyl adjacent to an activating group) is 1. The normalized spacial score (nSPS) is 22.7. The van der Waals surface area contributed by atoms with Crippen molar-refractivity contribution in [3.63, 3.8) is 0 Å². The van der Waals surface area contributed by atoms with Crippen LogP contribution in [0.4, 0.5) is 10.5 Å². The monoisotopic (exact) mass is 417 g/mol. The Morgan fingerprint density at radius 3 is 2.55 bits per heavy atom. The lowest BCUT2D eigenvalue weighted by atomic mass is 10.1. The molecule has 2 aromatic carbocycles. The second-order valence-corrected chi connectivity index (χ2v) is 8.54. The Hall–Kier alpha value is -3.35. The number of benzene rings is 2. The summed E-state index contributed by atoms with van der Waals surface area (Å²) >= 11 is 0. The molecule has 2 atom stereocenters. The Labute approximate surface area is 182 Å². The summed E-state index contributed by atoms with van der Waals surface area (Å²) < 4.78 is 0. The summed E-state index contributed by atoms with van der Waals surface area (Å²) in [5, 5.41) is 0. The molecule has 0 bridgehead atoms. The number of amides is 3. The number of carbonyl (C=O) groups excluding carboxylic acids is 2. The zero-order valence-electron chi connectivity index (χ0n) is 18.2. The summed E-state index contributed by atoms with van der Waals surface area (Å²) in [5.74, 6) is 0.644. The van der Waals surface area contributed by atoms with Crippen LogP contribution in [0.25, 0.3) is 0 Å². The first-order valence-corrected chi connectivity index (χ1v) is 10.8. The topological polar surface area (TPSA) is 59.5 Å². The van der Waals surface area contributed by atoms with E-state index < -0.39 is 12.2 Å². The average Bonchev–Trinajstić information content (AvgIpc) is 3.33. The quantitative estimate of drug-likeness (QED) is 0.767. The van der Waals surface area contributed by atoms with Crippen LogP contribution in [-0.4, -0.2) is 71.5 Å². The van der Waals surface area contributed by atoms with E-state index in [1.54, 1.807) is 11.9 Å². The molecule has 31 heavy (non-hydrogen) atoms. The molecule has 0 radical (unpaired) electrons. The summed E-state index contributed by atoms with van der Waals surface area (Å²) in [6.45, 7) is 6.05. The number of hydrogen-bond donors (Lipinski definition) is 0. The van der Waals surface area contributed by atoms with Crippen LogP contribution in [0, 0.1) is 13.8 Å². The number of carbonyl (C=O) groups is 2. The molecular weight excluding hydrogens is 390 g/mol. The molecule has 3 amide bonds. The number of imide groups is 1. The Kier molecular flexibility index (Phi) is 4.68. The Bertz CT molecular complexity index is 1070. The lowest BCUT2D eigenvalue weighted by Crippen LogP contribution is -2.65. The molecule has 7 nitrogen and oxygen atoms in total. The average molecular weight is 418 g/mol. The minimum Gasteiger partial charge on any atom is -0.325 e. The Morgan fingerprint density at radius 1 is 1.03 bits per heavy atom. The number of anilines is 1. The number of hydrogen-bond acceptors (Lipinski definition) is 5. The molecule has 2 aromatic rings. The Balaban J connectivity index is 1.40. The fourth-order valence-corrected chi connectivity index (χ4v) is 4.86. The van der Waals surface area contributed by atoms with Crippen molar-refractivity contribution in [3.8, 4) is 0 Å². The molecule has 0 saturated carbocycles. The molecule has 0 aromatic heterocycles. The number of fused-ring (bicyclic) bond motifs is 3. The van der Waals surface area contributed by atoms with Crippen molar-refractivity contribution in [1.29, 1.82) is 0 Å². The van der Waals surface area contributed by atoms with E-state index in [-0.39, 0.29) is 11.9 Å². The molecule has 2 saturated heterocycles. The van der Waals surface area contributed by atoms with E-state index in [1.165, 1.54) is 16.0 Å².